The van der Waals surface area contributed by atoms with Gasteiger partial charge in [-0.3, -0.25) is 0 Å². The van der Waals surface area contributed by atoms with Gasteiger partial charge in [0.2, 0.25) is 0 Å². The van der Waals surface area contributed by atoms with Crippen molar-refractivity contribution in [1.82, 2.24) is 9.97 Å². The maximum absolute atomic E-state index is 6.01. The number of hydrogen-bond acceptors (Lipinski definition) is 4. The molecule has 0 bridgehead atoms. The monoisotopic (exact) mass is 276 g/mol. The molecule has 0 saturated heterocycles. The Morgan fingerprint density at radius 2 is 1.85 bits per heavy atom. The number of rotatable bonds is 5. The molecule has 1 heterocycles. The molecule has 2 rings (SSSR count). The lowest BCUT2D eigenvalue weighted by Gasteiger charge is -2.29. The van der Waals surface area contributed by atoms with Gasteiger partial charge in [-0.2, -0.15) is 0 Å². The van der Waals surface area contributed by atoms with Crippen molar-refractivity contribution in [3.8, 4) is 0 Å². The first-order chi connectivity index (χ1) is 9.63. The number of nitrogen functional groups attached to an aromatic ring is 1. The van der Waals surface area contributed by atoms with Gasteiger partial charge in [0.1, 0.15) is 17.5 Å². The summed E-state index contributed by atoms with van der Waals surface area (Å²) in [5.74, 6) is 3.34. The van der Waals surface area contributed by atoms with Crippen molar-refractivity contribution in [1.29, 1.82) is 0 Å². The Bertz CT molecular complexity index is 436. The number of nitrogens with zero attached hydrogens (tertiary/aromatic N) is 2. The molecule has 4 nitrogen and oxygen atoms in total. The van der Waals surface area contributed by atoms with Crippen LogP contribution < -0.4 is 11.1 Å². The van der Waals surface area contributed by atoms with E-state index in [4.69, 9.17) is 5.73 Å². The minimum atomic E-state index is 0.542. The summed E-state index contributed by atoms with van der Waals surface area (Å²) in [5.41, 5.74) is 7.00. The van der Waals surface area contributed by atoms with E-state index in [0.717, 1.165) is 36.0 Å². The van der Waals surface area contributed by atoms with E-state index in [0.29, 0.717) is 11.9 Å². The quantitative estimate of drug-likeness (QED) is 0.860. The van der Waals surface area contributed by atoms with Gasteiger partial charge in [-0.25, -0.2) is 9.97 Å². The van der Waals surface area contributed by atoms with E-state index >= 15 is 0 Å². The van der Waals surface area contributed by atoms with Gasteiger partial charge in [0.05, 0.1) is 0 Å². The second-order valence-electron chi connectivity index (χ2n) is 6.02. The van der Waals surface area contributed by atoms with Crippen molar-refractivity contribution in [2.24, 2.45) is 5.92 Å². The molecular formula is C16H28N4. The van der Waals surface area contributed by atoms with Crippen LogP contribution in [-0.2, 0) is 6.42 Å². The molecular weight excluding hydrogens is 248 g/mol. The molecule has 1 aliphatic carbocycles. The molecule has 1 aromatic heterocycles. The number of hydrogen-bond donors (Lipinski definition) is 2. The van der Waals surface area contributed by atoms with Gasteiger partial charge in [0, 0.05) is 18.0 Å². The van der Waals surface area contributed by atoms with E-state index in [2.05, 4.69) is 29.1 Å². The van der Waals surface area contributed by atoms with Crippen LogP contribution in [-0.4, -0.2) is 16.0 Å². The van der Waals surface area contributed by atoms with E-state index in [1.807, 2.05) is 6.92 Å². The average Bonchev–Trinajstić information content (AvgIpc) is 2.45. The molecule has 0 amide bonds. The van der Waals surface area contributed by atoms with E-state index < -0.39 is 0 Å². The minimum absolute atomic E-state index is 0.542. The maximum Gasteiger partial charge on any atom is 0.134 e. The van der Waals surface area contributed by atoms with Gasteiger partial charge in [-0.15, -0.1) is 0 Å². The van der Waals surface area contributed by atoms with Crippen LogP contribution in [0, 0.1) is 12.8 Å². The molecule has 1 fully saturated rings. The number of aryl methyl sites for hydroxylation is 1. The summed E-state index contributed by atoms with van der Waals surface area (Å²) in [6.07, 6.45) is 8.39. The highest BCUT2D eigenvalue weighted by atomic mass is 15.1. The summed E-state index contributed by atoms with van der Waals surface area (Å²) < 4.78 is 0. The van der Waals surface area contributed by atoms with Gasteiger partial charge < -0.3 is 11.1 Å². The first kappa shape index (κ1) is 15.1. The normalized spacial score (nSPS) is 22.8. The average molecular weight is 276 g/mol. The predicted molar refractivity (Wildman–Crippen MR) is 84.8 cm³/mol. The standard InChI is InChI=1S/C16H28N4/c1-4-6-14-19-15(17)11(3)16(20-14)18-13-9-7-12(5-2)8-10-13/h12-13H,4-10H2,1-3H3,(H3,17,18,19,20). The Balaban J connectivity index is 2.05. The summed E-state index contributed by atoms with van der Waals surface area (Å²) in [4.78, 5) is 9.02. The SMILES string of the molecule is CCCc1nc(N)c(C)c(NC2CCC(CC)CC2)n1. The van der Waals surface area contributed by atoms with Crippen LogP contribution in [0.4, 0.5) is 11.6 Å². The molecule has 112 valence electrons. The fraction of sp³-hybridized carbons (Fsp3) is 0.750. The summed E-state index contributed by atoms with van der Waals surface area (Å²) in [6.45, 7) is 6.44. The first-order valence-electron chi connectivity index (χ1n) is 8.03. The zero-order valence-corrected chi connectivity index (χ0v) is 13.1. The Morgan fingerprint density at radius 1 is 1.15 bits per heavy atom. The van der Waals surface area contributed by atoms with Crippen molar-refractivity contribution >= 4 is 11.6 Å². The molecule has 0 radical (unpaired) electrons. The predicted octanol–water partition coefficient (Wildman–Crippen LogP) is 3.70. The highest BCUT2D eigenvalue weighted by Crippen LogP contribution is 2.29. The van der Waals surface area contributed by atoms with Crippen LogP contribution in [0.1, 0.15) is 63.8 Å². The van der Waals surface area contributed by atoms with Gasteiger partial charge in [0.15, 0.2) is 0 Å². The number of nitrogens with one attached hydrogen (secondary N) is 1. The van der Waals surface area contributed by atoms with Crippen molar-refractivity contribution in [3.63, 3.8) is 0 Å². The van der Waals surface area contributed by atoms with E-state index in [1.54, 1.807) is 0 Å². The van der Waals surface area contributed by atoms with Gasteiger partial charge in [-0.05, 0) is 44.9 Å². The number of anilines is 2. The topological polar surface area (TPSA) is 63.8 Å². The summed E-state index contributed by atoms with van der Waals surface area (Å²) in [7, 11) is 0. The van der Waals surface area contributed by atoms with E-state index in [1.165, 1.54) is 32.1 Å². The first-order valence-corrected chi connectivity index (χ1v) is 8.03. The second kappa shape index (κ2) is 6.91. The van der Waals surface area contributed by atoms with Crippen molar-refractivity contribution in [2.45, 2.75) is 71.8 Å². The van der Waals surface area contributed by atoms with Gasteiger partial charge in [0.25, 0.3) is 0 Å². The zero-order chi connectivity index (χ0) is 14.5. The van der Waals surface area contributed by atoms with Crippen LogP contribution in [0.2, 0.25) is 0 Å². The Hall–Kier alpha value is -1.32. The molecule has 0 unspecified atom stereocenters. The Morgan fingerprint density at radius 3 is 2.45 bits per heavy atom. The lowest BCUT2D eigenvalue weighted by molar-refractivity contribution is 0.329. The molecule has 0 atom stereocenters. The van der Waals surface area contributed by atoms with Gasteiger partial charge in [-0.1, -0.05) is 20.3 Å². The van der Waals surface area contributed by atoms with Crippen molar-refractivity contribution < 1.29 is 0 Å². The molecule has 0 spiro atoms. The number of nitrogens with two attached hydrogens (primary N) is 1. The van der Waals surface area contributed by atoms with Gasteiger partial charge >= 0.3 is 0 Å². The highest BCUT2D eigenvalue weighted by Gasteiger charge is 2.21. The van der Waals surface area contributed by atoms with Crippen LogP contribution in [0.3, 0.4) is 0 Å². The molecule has 0 aromatic carbocycles. The van der Waals surface area contributed by atoms with Crippen molar-refractivity contribution in [3.05, 3.63) is 11.4 Å². The fourth-order valence-corrected chi connectivity index (χ4v) is 2.97. The van der Waals surface area contributed by atoms with Crippen LogP contribution in [0.25, 0.3) is 0 Å². The largest absolute Gasteiger partial charge is 0.383 e. The summed E-state index contributed by atoms with van der Waals surface area (Å²) in [5, 5.41) is 3.60. The third-order valence-corrected chi connectivity index (χ3v) is 4.47. The van der Waals surface area contributed by atoms with Crippen LogP contribution in [0.15, 0.2) is 0 Å². The lowest BCUT2D eigenvalue weighted by Crippen LogP contribution is -2.27. The fourth-order valence-electron chi connectivity index (χ4n) is 2.97. The minimum Gasteiger partial charge on any atom is -0.383 e. The molecule has 1 aliphatic rings. The molecule has 4 heteroatoms. The Kier molecular flexibility index (Phi) is 5.21. The molecule has 1 saturated carbocycles. The zero-order valence-electron chi connectivity index (χ0n) is 13.1. The van der Waals surface area contributed by atoms with E-state index in [-0.39, 0.29) is 0 Å². The third kappa shape index (κ3) is 3.62. The van der Waals surface area contributed by atoms with E-state index in [9.17, 15) is 0 Å². The van der Waals surface area contributed by atoms with Crippen LogP contribution >= 0.6 is 0 Å². The highest BCUT2D eigenvalue weighted by molar-refractivity contribution is 5.55. The summed E-state index contributed by atoms with van der Waals surface area (Å²) in [6, 6.07) is 0.542. The summed E-state index contributed by atoms with van der Waals surface area (Å²) >= 11 is 0. The molecule has 20 heavy (non-hydrogen) atoms. The molecule has 1 aromatic rings. The third-order valence-electron chi connectivity index (χ3n) is 4.47. The maximum atomic E-state index is 6.01. The number of aromatic nitrogens is 2. The second-order valence-corrected chi connectivity index (χ2v) is 6.02. The van der Waals surface area contributed by atoms with Crippen LogP contribution in [0.5, 0.6) is 0 Å². The molecule has 0 aliphatic heterocycles. The Labute approximate surface area is 122 Å². The lowest BCUT2D eigenvalue weighted by atomic mass is 9.84. The molecule has 3 N–H and O–H groups in total. The smallest absolute Gasteiger partial charge is 0.134 e. The van der Waals surface area contributed by atoms with Crippen molar-refractivity contribution in [2.75, 3.05) is 11.1 Å².